The summed E-state index contributed by atoms with van der Waals surface area (Å²) in [5.41, 5.74) is 2.82. The fourth-order valence-electron chi connectivity index (χ4n) is 4.13. The smallest absolute Gasteiger partial charge is 0.480 e. The standard InChI is InChI=1S/C26H28N2O8/c1-5-33-23-19-13-15-7-9-21(35-25(29)31-3)17(11-15)18-12-16(8-10-22(18)36-26(30)32-4)14-20(27-23)24(28-19)34-6-2/h7-12,19-20H,5-6,13-14H2,1-4H3/t19-,20-/m0/s1. The summed E-state index contributed by atoms with van der Waals surface area (Å²) in [6.45, 7) is 4.73. The number of hydrogen-bond acceptors (Lipinski definition) is 10. The Morgan fingerprint density at radius 3 is 1.53 bits per heavy atom. The van der Waals surface area contributed by atoms with Crippen LogP contribution < -0.4 is 9.47 Å². The van der Waals surface area contributed by atoms with Gasteiger partial charge in [0.15, 0.2) is 0 Å². The molecular weight excluding hydrogens is 468 g/mol. The summed E-state index contributed by atoms with van der Waals surface area (Å²) in [7, 11) is 2.46. The van der Waals surface area contributed by atoms with E-state index in [9.17, 15) is 9.59 Å². The number of carbonyl (C=O) groups is 2. The molecule has 0 amide bonds. The molecule has 2 aromatic rings. The molecule has 0 N–H and O–H groups in total. The van der Waals surface area contributed by atoms with Gasteiger partial charge in [-0.3, -0.25) is 0 Å². The number of rotatable bonds is 4. The molecule has 0 unspecified atom stereocenters. The molecular formula is C26H28N2O8. The number of methoxy groups -OCH3 is 2. The number of ether oxygens (including phenoxy) is 6. The molecule has 190 valence electrons. The minimum Gasteiger partial charge on any atom is -0.480 e. The molecule has 3 aliphatic heterocycles. The maximum Gasteiger partial charge on any atom is 0.513 e. The summed E-state index contributed by atoms with van der Waals surface area (Å²) in [5.74, 6) is 1.59. The van der Waals surface area contributed by atoms with Gasteiger partial charge in [-0.2, -0.15) is 0 Å². The van der Waals surface area contributed by atoms with Gasteiger partial charge in [0.25, 0.3) is 0 Å². The minimum atomic E-state index is -0.868. The van der Waals surface area contributed by atoms with Gasteiger partial charge in [0, 0.05) is 24.0 Å². The first-order valence-corrected chi connectivity index (χ1v) is 11.6. The van der Waals surface area contributed by atoms with E-state index in [-0.39, 0.29) is 23.6 Å². The van der Waals surface area contributed by atoms with Gasteiger partial charge in [-0.05, 0) is 49.2 Å². The first-order valence-electron chi connectivity index (χ1n) is 11.6. The van der Waals surface area contributed by atoms with Gasteiger partial charge in [0.2, 0.25) is 11.8 Å². The van der Waals surface area contributed by atoms with Crippen LogP contribution in [0.15, 0.2) is 46.4 Å². The molecule has 10 heteroatoms. The third-order valence-electron chi connectivity index (χ3n) is 5.68. The maximum absolute atomic E-state index is 12.0. The molecule has 0 saturated heterocycles. The fourth-order valence-corrected chi connectivity index (χ4v) is 4.13. The van der Waals surface area contributed by atoms with E-state index in [2.05, 4.69) is 0 Å². The second-order valence-corrected chi connectivity index (χ2v) is 8.01. The second kappa shape index (κ2) is 11.1. The highest BCUT2D eigenvalue weighted by Gasteiger charge is 2.31. The molecule has 10 nitrogen and oxygen atoms in total. The van der Waals surface area contributed by atoms with E-state index in [0.29, 0.717) is 49.0 Å². The number of hydrogen-bond donors (Lipinski definition) is 0. The van der Waals surface area contributed by atoms with Crippen LogP contribution in [-0.2, 0) is 31.8 Å². The van der Waals surface area contributed by atoms with Crippen LogP contribution in [0.2, 0.25) is 0 Å². The first-order chi connectivity index (χ1) is 17.4. The zero-order chi connectivity index (χ0) is 25.7. The Morgan fingerprint density at radius 1 is 0.750 bits per heavy atom. The Hall–Kier alpha value is -4.08. The van der Waals surface area contributed by atoms with Crippen LogP contribution in [0.4, 0.5) is 9.59 Å². The summed E-state index contributed by atoms with van der Waals surface area (Å²) >= 11 is 0. The molecule has 36 heavy (non-hydrogen) atoms. The van der Waals surface area contributed by atoms with Crippen LogP contribution in [0, 0.1) is 0 Å². The fraction of sp³-hybridized carbons (Fsp3) is 0.385. The monoisotopic (exact) mass is 496 g/mol. The van der Waals surface area contributed by atoms with Gasteiger partial charge in [0.05, 0.1) is 27.4 Å². The molecule has 0 radical (unpaired) electrons. The van der Waals surface area contributed by atoms with E-state index in [4.69, 9.17) is 38.4 Å². The van der Waals surface area contributed by atoms with E-state index < -0.39 is 12.3 Å². The highest BCUT2D eigenvalue weighted by Crippen LogP contribution is 2.39. The summed E-state index contributed by atoms with van der Waals surface area (Å²) in [5, 5.41) is 0. The molecule has 5 rings (SSSR count). The molecule has 0 fully saturated rings. The Bertz CT molecular complexity index is 1110. The molecule has 6 bridgehead atoms. The SMILES string of the molecule is CCOC1=N[C@H]2Cc3ccc(OC(=O)OC)c(c3)-c3cc(ccc3OC(=O)OC)C[C@@H]1N=C2OCC. The number of benzene rings is 2. The highest BCUT2D eigenvalue weighted by molar-refractivity contribution is 5.94. The van der Waals surface area contributed by atoms with E-state index >= 15 is 0 Å². The lowest BCUT2D eigenvalue weighted by Crippen LogP contribution is -2.38. The average Bonchev–Trinajstić information content (AvgIpc) is 2.87. The molecule has 2 aromatic carbocycles. The van der Waals surface area contributed by atoms with Gasteiger partial charge in [-0.15, -0.1) is 0 Å². The molecule has 0 saturated carbocycles. The predicted molar refractivity (Wildman–Crippen MR) is 131 cm³/mol. The maximum atomic E-state index is 12.0. The van der Waals surface area contributed by atoms with Crippen molar-refractivity contribution < 1.29 is 38.0 Å². The minimum absolute atomic E-state index is 0.247. The van der Waals surface area contributed by atoms with Crippen molar-refractivity contribution in [2.75, 3.05) is 27.4 Å². The van der Waals surface area contributed by atoms with Crippen molar-refractivity contribution in [3.8, 4) is 22.6 Å². The van der Waals surface area contributed by atoms with E-state index in [0.717, 1.165) is 11.1 Å². The Kier molecular flexibility index (Phi) is 7.72. The van der Waals surface area contributed by atoms with Crippen molar-refractivity contribution in [2.24, 2.45) is 9.98 Å². The molecule has 0 aliphatic carbocycles. The third-order valence-corrected chi connectivity index (χ3v) is 5.68. The molecule has 0 spiro atoms. The Labute approximate surface area is 208 Å². The van der Waals surface area contributed by atoms with E-state index in [1.807, 2.05) is 38.1 Å². The first kappa shape index (κ1) is 25.0. The van der Waals surface area contributed by atoms with Gasteiger partial charge in [-0.1, -0.05) is 12.1 Å². The van der Waals surface area contributed by atoms with Gasteiger partial charge in [-0.25, -0.2) is 19.6 Å². The van der Waals surface area contributed by atoms with Crippen molar-refractivity contribution in [3.05, 3.63) is 47.5 Å². The number of nitrogens with zero attached hydrogens (tertiary/aromatic N) is 2. The normalized spacial score (nSPS) is 18.0. The largest absolute Gasteiger partial charge is 0.513 e. The topological polar surface area (TPSA) is 114 Å². The Balaban J connectivity index is 1.91. The van der Waals surface area contributed by atoms with Gasteiger partial charge >= 0.3 is 12.3 Å². The number of aliphatic imine (C=N–C) groups is 2. The van der Waals surface area contributed by atoms with Gasteiger partial charge < -0.3 is 28.4 Å². The second-order valence-electron chi connectivity index (χ2n) is 8.01. The van der Waals surface area contributed by atoms with Crippen molar-refractivity contribution >= 4 is 24.1 Å². The van der Waals surface area contributed by atoms with E-state index in [1.165, 1.54) is 14.2 Å². The zero-order valence-corrected chi connectivity index (χ0v) is 20.6. The van der Waals surface area contributed by atoms with Crippen LogP contribution in [0.5, 0.6) is 11.5 Å². The van der Waals surface area contributed by atoms with Crippen LogP contribution >= 0.6 is 0 Å². The van der Waals surface area contributed by atoms with Crippen molar-refractivity contribution in [2.45, 2.75) is 38.8 Å². The van der Waals surface area contributed by atoms with Crippen molar-refractivity contribution in [1.29, 1.82) is 0 Å². The van der Waals surface area contributed by atoms with Crippen LogP contribution in [0.3, 0.4) is 0 Å². The zero-order valence-electron chi connectivity index (χ0n) is 20.6. The lowest BCUT2D eigenvalue weighted by molar-refractivity contribution is 0.120. The quantitative estimate of drug-likeness (QED) is 0.453. The highest BCUT2D eigenvalue weighted by atomic mass is 16.7. The van der Waals surface area contributed by atoms with E-state index in [1.54, 1.807) is 12.1 Å². The lowest BCUT2D eigenvalue weighted by atomic mass is 9.93. The molecule has 3 aliphatic rings. The molecule has 3 heterocycles. The average molecular weight is 497 g/mol. The summed E-state index contributed by atoms with van der Waals surface area (Å²) in [6, 6.07) is 9.92. The summed E-state index contributed by atoms with van der Waals surface area (Å²) in [4.78, 5) is 33.7. The summed E-state index contributed by atoms with van der Waals surface area (Å²) in [6.07, 6.45) is -0.818. The third kappa shape index (κ3) is 5.42. The predicted octanol–water partition coefficient (Wildman–Crippen LogP) is 4.36. The van der Waals surface area contributed by atoms with Crippen LogP contribution in [0.1, 0.15) is 25.0 Å². The number of carbonyl (C=O) groups excluding carboxylic acids is 2. The van der Waals surface area contributed by atoms with Crippen molar-refractivity contribution in [3.63, 3.8) is 0 Å². The van der Waals surface area contributed by atoms with Crippen LogP contribution in [-0.4, -0.2) is 63.6 Å². The van der Waals surface area contributed by atoms with Gasteiger partial charge in [0.1, 0.15) is 23.6 Å². The molecule has 0 aromatic heterocycles. The lowest BCUT2D eigenvalue weighted by Gasteiger charge is -2.27. The van der Waals surface area contributed by atoms with Crippen LogP contribution in [0.25, 0.3) is 11.1 Å². The molecule has 2 atom stereocenters. The Morgan fingerprint density at radius 2 is 1.17 bits per heavy atom. The summed E-state index contributed by atoms with van der Waals surface area (Å²) < 4.78 is 32.0. The van der Waals surface area contributed by atoms with Crippen molar-refractivity contribution in [1.82, 2.24) is 0 Å².